The van der Waals surface area contributed by atoms with Gasteiger partial charge in [-0.05, 0) is 13.0 Å². The van der Waals surface area contributed by atoms with Crippen molar-refractivity contribution in [2.75, 3.05) is 6.61 Å². The van der Waals surface area contributed by atoms with E-state index < -0.39 is 0 Å². The average Bonchev–Trinajstić information content (AvgIpc) is 2.78. The molecule has 0 saturated carbocycles. The lowest BCUT2D eigenvalue weighted by Crippen LogP contribution is -2.03. The first-order valence-corrected chi connectivity index (χ1v) is 6.52. The fourth-order valence-electron chi connectivity index (χ4n) is 1.36. The van der Waals surface area contributed by atoms with Crippen LogP contribution in [-0.2, 0) is 17.8 Å². The molecule has 2 aromatic heterocycles. The van der Waals surface area contributed by atoms with Crippen molar-refractivity contribution in [3.8, 4) is 0 Å². The number of thiazole rings is 1. The Hall–Kier alpha value is -1.04. The number of ether oxygens (including phenoxy) is 1. The molecular formula is C11H12ClN3OS. The summed E-state index contributed by atoms with van der Waals surface area (Å²) in [6.45, 7) is 2.96. The van der Waals surface area contributed by atoms with E-state index >= 15 is 0 Å². The molecule has 0 aliphatic heterocycles. The minimum Gasteiger partial charge on any atom is -0.374 e. The monoisotopic (exact) mass is 269 g/mol. The Morgan fingerprint density at radius 2 is 2.29 bits per heavy atom. The van der Waals surface area contributed by atoms with Crippen LogP contribution in [0.3, 0.4) is 0 Å². The smallest absolute Gasteiger partial charge is 0.155 e. The molecule has 0 bridgehead atoms. The van der Waals surface area contributed by atoms with Crippen LogP contribution in [-0.4, -0.2) is 21.6 Å². The highest BCUT2D eigenvalue weighted by Crippen LogP contribution is 2.14. The van der Waals surface area contributed by atoms with Crippen LogP contribution in [0.15, 0.2) is 17.6 Å². The first-order chi connectivity index (χ1) is 8.28. The van der Waals surface area contributed by atoms with Crippen LogP contribution in [0.1, 0.15) is 23.4 Å². The van der Waals surface area contributed by atoms with E-state index in [4.69, 9.17) is 16.3 Å². The predicted molar refractivity (Wildman–Crippen MR) is 67.3 cm³/mol. The summed E-state index contributed by atoms with van der Waals surface area (Å²) in [4.78, 5) is 12.7. The normalized spacial score (nSPS) is 10.7. The third-order valence-corrected chi connectivity index (χ3v) is 3.02. The second kappa shape index (κ2) is 6.05. The van der Waals surface area contributed by atoms with Crippen molar-refractivity contribution in [1.82, 2.24) is 15.0 Å². The van der Waals surface area contributed by atoms with Crippen LogP contribution in [0.2, 0.25) is 5.15 Å². The number of nitrogens with zero attached hydrogens (tertiary/aromatic N) is 3. The van der Waals surface area contributed by atoms with Crippen molar-refractivity contribution < 1.29 is 4.74 Å². The fraction of sp³-hybridized carbons (Fsp3) is 0.364. The molecule has 0 aromatic carbocycles. The van der Waals surface area contributed by atoms with Gasteiger partial charge in [0, 0.05) is 24.6 Å². The fourth-order valence-corrected chi connectivity index (χ4v) is 2.21. The summed E-state index contributed by atoms with van der Waals surface area (Å²) in [6.07, 6.45) is 2.46. The highest BCUT2D eigenvalue weighted by Gasteiger charge is 2.05. The first-order valence-electron chi connectivity index (χ1n) is 5.26. The van der Waals surface area contributed by atoms with Crippen molar-refractivity contribution in [2.45, 2.75) is 20.0 Å². The molecule has 0 atom stereocenters. The minimum absolute atomic E-state index is 0.391. The van der Waals surface area contributed by atoms with Gasteiger partial charge in [0.15, 0.2) is 5.82 Å². The van der Waals surface area contributed by atoms with Gasteiger partial charge >= 0.3 is 0 Å². The van der Waals surface area contributed by atoms with E-state index in [0.29, 0.717) is 30.6 Å². The van der Waals surface area contributed by atoms with Gasteiger partial charge in [-0.1, -0.05) is 11.6 Å². The summed E-state index contributed by atoms with van der Waals surface area (Å²) in [7, 11) is 0. The second-order valence-corrected chi connectivity index (χ2v) is 4.70. The molecular weight excluding hydrogens is 258 g/mol. The number of hydrogen-bond donors (Lipinski definition) is 0. The van der Waals surface area contributed by atoms with E-state index in [9.17, 15) is 0 Å². The maximum atomic E-state index is 5.95. The molecule has 0 saturated heterocycles. The van der Waals surface area contributed by atoms with Crippen LogP contribution in [0.4, 0.5) is 0 Å². The summed E-state index contributed by atoms with van der Waals surface area (Å²) >= 11 is 7.55. The molecule has 0 N–H and O–H groups in total. The van der Waals surface area contributed by atoms with Crippen molar-refractivity contribution >= 4 is 22.9 Å². The molecule has 0 fully saturated rings. The zero-order valence-electron chi connectivity index (χ0n) is 9.39. The Balaban J connectivity index is 2.13. The lowest BCUT2D eigenvalue weighted by atomic mass is 10.3. The summed E-state index contributed by atoms with van der Waals surface area (Å²) in [6, 6.07) is 1.76. The van der Waals surface area contributed by atoms with Crippen molar-refractivity contribution in [3.05, 3.63) is 39.3 Å². The van der Waals surface area contributed by atoms with Gasteiger partial charge in [0.2, 0.25) is 0 Å². The van der Waals surface area contributed by atoms with Crippen LogP contribution in [0.25, 0.3) is 0 Å². The molecule has 0 radical (unpaired) electrons. The predicted octanol–water partition coefficient (Wildman–Crippen LogP) is 2.71. The molecule has 2 aromatic rings. The van der Waals surface area contributed by atoms with Gasteiger partial charge in [-0.3, -0.25) is 0 Å². The van der Waals surface area contributed by atoms with E-state index in [2.05, 4.69) is 15.0 Å². The van der Waals surface area contributed by atoms with Gasteiger partial charge < -0.3 is 4.74 Å². The lowest BCUT2D eigenvalue weighted by molar-refractivity contribution is 0.128. The molecule has 0 aliphatic carbocycles. The van der Waals surface area contributed by atoms with Gasteiger partial charge in [-0.15, -0.1) is 11.3 Å². The Morgan fingerprint density at radius 3 is 3.00 bits per heavy atom. The van der Waals surface area contributed by atoms with Gasteiger partial charge in [0.25, 0.3) is 0 Å². The number of halogens is 1. The molecule has 4 nitrogen and oxygen atoms in total. The van der Waals surface area contributed by atoms with Crippen LogP contribution >= 0.6 is 22.9 Å². The Bertz CT molecular complexity index is 476. The standard InChI is InChI=1S/C11H12ClN3OS/c1-2-16-7-10-14-8(5-9(12)15-10)6-11-13-3-4-17-11/h3-5H,2,6-7H2,1H3. The van der Waals surface area contributed by atoms with Gasteiger partial charge in [-0.2, -0.15) is 0 Å². The Morgan fingerprint density at radius 1 is 1.41 bits per heavy atom. The molecule has 6 heteroatoms. The van der Waals surface area contributed by atoms with Crippen LogP contribution in [0, 0.1) is 0 Å². The van der Waals surface area contributed by atoms with E-state index in [1.807, 2.05) is 12.3 Å². The highest BCUT2D eigenvalue weighted by atomic mass is 35.5. The zero-order valence-corrected chi connectivity index (χ0v) is 11.0. The van der Waals surface area contributed by atoms with Crippen LogP contribution in [0.5, 0.6) is 0 Å². The van der Waals surface area contributed by atoms with Gasteiger partial charge in [0.1, 0.15) is 11.8 Å². The summed E-state index contributed by atoms with van der Waals surface area (Å²) in [5.41, 5.74) is 0.870. The maximum absolute atomic E-state index is 5.95. The topological polar surface area (TPSA) is 47.9 Å². The molecule has 2 heterocycles. The average molecular weight is 270 g/mol. The zero-order chi connectivity index (χ0) is 12.1. The third-order valence-electron chi connectivity index (χ3n) is 2.05. The first kappa shape index (κ1) is 12.4. The summed E-state index contributed by atoms with van der Waals surface area (Å²) in [5, 5.41) is 3.41. The summed E-state index contributed by atoms with van der Waals surface area (Å²) in [5.74, 6) is 0.617. The molecule has 0 amide bonds. The third kappa shape index (κ3) is 3.73. The van der Waals surface area contributed by atoms with E-state index in [1.165, 1.54) is 0 Å². The van der Waals surface area contributed by atoms with E-state index in [1.54, 1.807) is 23.6 Å². The second-order valence-electron chi connectivity index (χ2n) is 3.34. The maximum Gasteiger partial charge on any atom is 0.155 e. The molecule has 17 heavy (non-hydrogen) atoms. The van der Waals surface area contributed by atoms with E-state index in [-0.39, 0.29) is 0 Å². The SMILES string of the molecule is CCOCc1nc(Cl)cc(Cc2nccs2)n1. The lowest BCUT2D eigenvalue weighted by Gasteiger charge is -2.04. The Labute approximate surface area is 109 Å². The van der Waals surface area contributed by atoms with Crippen LogP contribution < -0.4 is 0 Å². The molecule has 0 spiro atoms. The molecule has 90 valence electrons. The van der Waals surface area contributed by atoms with E-state index in [0.717, 1.165) is 10.7 Å². The quantitative estimate of drug-likeness (QED) is 0.783. The van der Waals surface area contributed by atoms with Crippen molar-refractivity contribution in [3.63, 3.8) is 0 Å². The van der Waals surface area contributed by atoms with Crippen molar-refractivity contribution in [2.24, 2.45) is 0 Å². The minimum atomic E-state index is 0.391. The number of aromatic nitrogens is 3. The summed E-state index contributed by atoms with van der Waals surface area (Å²) < 4.78 is 5.27. The van der Waals surface area contributed by atoms with Gasteiger partial charge in [0.05, 0.1) is 10.7 Å². The molecule has 2 rings (SSSR count). The largest absolute Gasteiger partial charge is 0.374 e. The molecule has 0 unspecified atom stereocenters. The Kier molecular flexibility index (Phi) is 4.42. The number of hydrogen-bond acceptors (Lipinski definition) is 5. The number of rotatable bonds is 5. The molecule has 0 aliphatic rings. The highest BCUT2D eigenvalue weighted by molar-refractivity contribution is 7.09. The van der Waals surface area contributed by atoms with Gasteiger partial charge in [-0.25, -0.2) is 15.0 Å². The van der Waals surface area contributed by atoms with Crippen molar-refractivity contribution in [1.29, 1.82) is 0 Å².